The number of carbonyl (C=O) groups is 2. The summed E-state index contributed by atoms with van der Waals surface area (Å²) in [5, 5.41) is 3.19. The van der Waals surface area contributed by atoms with Crippen molar-refractivity contribution in [3.8, 4) is 0 Å². The Morgan fingerprint density at radius 3 is 2.75 bits per heavy atom. The zero-order valence-corrected chi connectivity index (χ0v) is 10.3. The van der Waals surface area contributed by atoms with Crippen LogP contribution in [0.2, 0.25) is 0 Å². The Morgan fingerprint density at radius 1 is 1.50 bits per heavy atom. The summed E-state index contributed by atoms with van der Waals surface area (Å²) < 4.78 is 0. The van der Waals surface area contributed by atoms with Crippen molar-refractivity contribution in [2.45, 2.75) is 26.3 Å². The quantitative estimate of drug-likeness (QED) is 0.716. The number of hydrogen-bond acceptors (Lipinski definition) is 3. The summed E-state index contributed by atoms with van der Waals surface area (Å²) in [7, 11) is 1.77. The molecule has 0 radical (unpaired) electrons. The largest absolute Gasteiger partial charge is 0.342 e. The van der Waals surface area contributed by atoms with E-state index in [0.29, 0.717) is 19.5 Å². The van der Waals surface area contributed by atoms with Gasteiger partial charge in [-0.05, 0) is 13.5 Å². The van der Waals surface area contributed by atoms with Gasteiger partial charge in [0.2, 0.25) is 11.8 Å². The number of rotatable bonds is 4. The summed E-state index contributed by atoms with van der Waals surface area (Å²) in [6.45, 7) is 6.38. The summed E-state index contributed by atoms with van der Waals surface area (Å²) in [6, 6.07) is 0.173. The zero-order chi connectivity index (χ0) is 12.1. The fourth-order valence-electron chi connectivity index (χ4n) is 1.78. The Bertz CT molecular complexity index is 268. The number of nitrogens with one attached hydrogen (secondary N) is 1. The van der Waals surface area contributed by atoms with E-state index in [1.54, 1.807) is 16.8 Å². The maximum atomic E-state index is 11.9. The summed E-state index contributed by atoms with van der Waals surface area (Å²) in [5.41, 5.74) is 0. The molecule has 0 aliphatic carbocycles. The van der Waals surface area contributed by atoms with E-state index in [9.17, 15) is 9.59 Å². The average Bonchev–Trinajstić information content (AvgIpc) is 2.22. The zero-order valence-electron chi connectivity index (χ0n) is 10.3. The molecular formula is C11H21N3O2. The van der Waals surface area contributed by atoms with E-state index in [1.165, 1.54) is 0 Å². The first kappa shape index (κ1) is 13.0. The Hall–Kier alpha value is -1.10. The second-order valence-electron chi connectivity index (χ2n) is 4.29. The molecule has 0 bridgehead atoms. The normalized spacial score (nSPS) is 18.8. The molecule has 1 rings (SSSR count). The van der Waals surface area contributed by atoms with Gasteiger partial charge in [-0.1, -0.05) is 6.92 Å². The van der Waals surface area contributed by atoms with E-state index in [1.807, 2.05) is 13.8 Å². The van der Waals surface area contributed by atoms with Gasteiger partial charge in [0.05, 0.1) is 6.54 Å². The highest BCUT2D eigenvalue weighted by Crippen LogP contribution is 2.04. The molecule has 0 spiro atoms. The van der Waals surface area contributed by atoms with Crippen molar-refractivity contribution < 1.29 is 9.59 Å². The van der Waals surface area contributed by atoms with Crippen molar-refractivity contribution in [3.05, 3.63) is 0 Å². The van der Waals surface area contributed by atoms with E-state index in [0.717, 1.165) is 6.54 Å². The number of nitrogens with zero attached hydrogens (tertiary/aromatic N) is 2. The summed E-state index contributed by atoms with van der Waals surface area (Å²) in [5.74, 6) is 0.0885. The molecule has 1 N–H and O–H groups in total. The van der Waals surface area contributed by atoms with Crippen molar-refractivity contribution in [1.29, 1.82) is 0 Å². The van der Waals surface area contributed by atoms with Crippen molar-refractivity contribution in [1.82, 2.24) is 15.1 Å². The lowest BCUT2D eigenvalue weighted by Gasteiger charge is -2.32. The predicted molar refractivity (Wildman–Crippen MR) is 62.0 cm³/mol. The van der Waals surface area contributed by atoms with Crippen molar-refractivity contribution in [2.24, 2.45) is 0 Å². The first-order chi connectivity index (χ1) is 7.54. The first-order valence-corrected chi connectivity index (χ1v) is 5.79. The number of piperazine rings is 1. The topological polar surface area (TPSA) is 52.7 Å². The number of hydrogen-bond donors (Lipinski definition) is 1. The van der Waals surface area contributed by atoms with Crippen LogP contribution in [0, 0.1) is 0 Å². The SMILES string of the molecule is CCNC(C)CC(=O)N1CCN(C)C(=O)C1. The van der Waals surface area contributed by atoms with Gasteiger partial charge in [-0.2, -0.15) is 0 Å². The van der Waals surface area contributed by atoms with E-state index in [4.69, 9.17) is 0 Å². The van der Waals surface area contributed by atoms with Crippen LogP contribution < -0.4 is 5.32 Å². The minimum atomic E-state index is 0.0238. The maximum absolute atomic E-state index is 11.9. The lowest BCUT2D eigenvalue weighted by molar-refractivity contribution is -0.144. The van der Waals surface area contributed by atoms with Gasteiger partial charge in [-0.25, -0.2) is 0 Å². The first-order valence-electron chi connectivity index (χ1n) is 5.79. The Labute approximate surface area is 96.8 Å². The minimum Gasteiger partial charge on any atom is -0.342 e. The molecule has 5 heteroatoms. The van der Waals surface area contributed by atoms with E-state index in [-0.39, 0.29) is 24.4 Å². The van der Waals surface area contributed by atoms with Crippen molar-refractivity contribution in [2.75, 3.05) is 33.2 Å². The smallest absolute Gasteiger partial charge is 0.241 e. The molecule has 92 valence electrons. The van der Waals surface area contributed by atoms with E-state index < -0.39 is 0 Å². The van der Waals surface area contributed by atoms with Gasteiger partial charge in [0.25, 0.3) is 0 Å². The molecule has 0 aromatic carbocycles. The van der Waals surface area contributed by atoms with Gasteiger partial charge in [0.15, 0.2) is 0 Å². The average molecular weight is 227 g/mol. The monoisotopic (exact) mass is 227 g/mol. The standard InChI is InChI=1S/C11H21N3O2/c1-4-12-9(2)7-10(15)14-6-5-13(3)11(16)8-14/h9,12H,4-8H2,1-3H3. The lowest BCUT2D eigenvalue weighted by atomic mass is 10.2. The fraction of sp³-hybridized carbons (Fsp3) is 0.818. The lowest BCUT2D eigenvalue weighted by Crippen LogP contribution is -2.51. The molecule has 5 nitrogen and oxygen atoms in total. The maximum Gasteiger partial charge on any atom is 0.241 e. The number of amides is 2. The summed E-state index contributed by atoms with van der Waals surface area (Å²) in [6.07, 6.45) is 0.463. The van der Waals surface area contributed by atoms with Gasteiger partial charge in [-0.3, -0.25) is 9.59 Å². The Kier molecular flexibility index (Phi) is 4.73. The van der Waals surface area contributed by atoms with Crippen molar-refractivity contribution >= 4 is 11.8 Å². The van der Waals surface area contributed by atoms with E-state index in [2.05, 4.69) is 5.32 Å². The molecule has 1 heterocycles. The highest BCUT2D eigenvalue weighted by atomic mass is 16.2. The molecule has 0 saturated carbocycles. The van der Waals surface area contributed by atoms with E-state index >= 15 is 0 Å². The van der Waals surface area contributed by atoms with Gasteiger partial charge in [0, 0.05) is 32.6 Å². The molecule has 1 atom stereocenters. The van der Waals surface area contributed by atoms with Crippen LogP contribution in [0.3, 0.4) is 0 Å². The second-order valence-corrected chi connectivity index (χ2v) is 4.29. The molecule has 1 unspecified atom stereocenters. The summed E-state index contributed by atoms with van der Waals surface area (Å²) >= 11 is 0. The Morgan fingerprint density at radius 2 is 2.19 bits per heavy atom. The van der Waals surface area contributed by atoms with Crippen LogP contribution in [-0.2, 0) is 9.59 Å². The van der Waals surface area contributed by atoms with Gasteiger partial charge >= 0.3 is 0 Å². The third-order valence-electron chi connectivity index (χ3n) is 2.84. The summed E-state index contributed by atoms with van der Waals surface area (Å²) in [4.78, 5) is 26.6. The van der Waals surface area contributed by atoms with Crippen LogP contribution >= 0.6 is 0 Å². The van der Waals surface area contributed by atoms with Crippen LogP contribution in [0.25, 0.3) is 0 Å². The molecule has 1 aliphatic rings. The molecule has 0 aromatic rings. The highest BCUT2D eigenvalue weighted by Gasteiger charge is 2.25. The van der Waals surface area contributed by atoms with Gasteiger partial charge < -0.3 is 15.1 Å². The van der Waals surface area contributed by atoms with Crippen LogP contribution in [0.4, 0.5) is 0 Å². The fourth-order valence-corrected chi connectivity index (χ4v) is 1.78. The van der Waals surface area contributed by atoms with Crippen molar-refractivity contribution in [3.63, 3.8) is 0 Å². The van der Waals surface area contributed by atoms with Crippen LogP contribution in [0.15, 0.2) is 0 Å². The molecular weight excluding hydrogens is 206 g/mol. The van der Waals surface area contributed by atoms with Crippen LogP contribution in [0.1, 0.15) is 20.3 Å². The number of carbonyl (C=O) groups excluding carboxylic acids is 2. The molecule has 2 amide bonds. The number of likely N-dealkylation sites (N-methyl/N-ethyl adjacent to an activating group) is 1. The predicted octanol–water partition coefficient (Wildman–Crippen LogP) is -0.325. The highest BCUT2D eigenvalue weighted by molar-refractivity contribution is 5.86. The second kappa shape index (κ2) is 5.84. The third kappa shape index (κ3) is 3.48. The molecule has 1 aliphatic heterocycles. The molecule has 0 aromatic heterocycles. The Balaban J connectivity index is 2.40. The molecule has 1 saturated heterocycles. The van der Waals surface area contributed by atoms with Crippen LogP contribution in [-0.4, -0.2) is 60.9 Å². The van der Waals surface area contributed by atoms with Gasteiger partial charge in [-0.15, -0.1) is 0 Å². The molecule has 16 heavy (non-hydrogen) atoms. The minimum absolute atomic E-state index is 0.0238. The molecule has 1 fully saturated rings. The van der Waals surface area contributed by atoms with Gasteiger partial charge in [0.1, 0.15) is 0 Å². The third-order valence-corrected chi connectivity index (χ3v) is 2.84. The van der Waals surface area contributed by atoms with Crippen LogP contribution in [0.5, 0.6) is 0 Å².